The predicted octanol–water partition coefficient (Wildman–Crippen LogP) is 2.09. The van der Waals surface area contributed by atoms with Gasteiger partial charge in [-0.05, 0) is 24.3 Å². The number of rotatable bonds is 6. The van der Waals surface area contributed by atoms with E-state index in [4.69, 9.17) is 15.0 Å². The standard InChI is InChI=1S/C15H19N3O2/c1-19-14(11-5-3-2-4-6-11)15-17-13(20-18-15)9-12(16)10-7-8-10/h2-6,10,12,14H,7-9,16H2,1H3. The van der Waals surface area contributed by atoms with Gasteiger partial charge >= 0.3 is 0 Å². The van der Waals surface area contributed by atoms with Crippen LogP contribution in [0.4, 0.5) is 0 Å². The lowest BCUT2D eigenvalue weighted by Gasteiger charge is -2.10. The van der Waals surface area contributed by atoms with Crippen molar-refractivity contribution in [3.8, 4) is 0 Å². The second kappa shape index (κ2) is 5.73. The molecular formula is C15H19N3O2. The van der Waals surface area contributed by atoms with Gasteiger partial charge in [0.2, 0.25) is 11.7 Å². The Kier molecular flexibility index (Phi) is 3.80. The Morgan fingerprint density at radius 2 is 2.10 bits per heavy atom. The third-order valence-corrected chi connectivity index (χ3v) is 3.69. The normalized spacial score (nSPS) is 17.9. The number of ether oxygens (including phenoxy) is 1. The van der Waals surface area contributed by atoms with Crippen LogP contribution in [0.3, 0.4) is 0 Å². The summed E-state index contributed by atoms with van der Waals surface area (Å²) in [6.45, 7) is 0. The zero-order valence-corrected chi connectivity index (χ0v) is 11.5. The van der Waals surface area contributed by atoms with Gasteiger partial charge in [0.15, 0.2) is 0 Å². The molecular weight excluding hydrogens is 254 g/mol. The van der Waals surface area contributed by atoms with Crippen LogP contribution in [0.1, 0.15) is 36.2 Å². The average molecular weight is 273 g/mol. The summed E-state index contributed by atoms with van der Waals surface area (Å²) in [6.07, 6.45) is 2.77. The Morgan fingerprint density at radius 1 is 1.35 bits per heavy atom. The van der Waals surface area contributed by atoms with E-state index in [1.165, 1.54) is 12.8 Å². The lowest BCUT2D eigenvalue weighted by Crippen LogP contribution is -2.25. The average Bonchev–Trinajstić information content (AvgIpc) is 3.23. The summed E-state index contributed by atoms with van der Waals surface area (Å²) in [6, 6.07) is 9.99. The molecule has 0 amide bonds. The van der Waals surface area contributed by atoms with Crippen molar-refractivity contribution in [1.29, 1.82) is 0 Å². The number of benzene rings is 1. The smallest absolute Gasteiger partial charge is 0.228 e. The summed E-state index contributed by atoms with van der Waals surface area (Å²) in [5, 5.41) is 4.03. The van der Waals surface area contributed by atoms with Gasteiger partial charge in [-0.2, -0.15) is 4.98 Å². The fraction of sp³-hybridized carbons (Fsp3) is 0.467. The molecule has 2 aromatic rings. The van der Waals surface area contributed by atoms with E-state index < -0.39 is 0 Å². The molecule has 2 atom stereocenters. The van der Waals surface area contributed by atoms with E-state index in [9.17, 15) is 0 Å². The summed E-state index contributed by atoms with van der Waals surface area (Å²) in [7, 11) is 1.64. The van der Waals surface area contributed by atoms with Gasteiger partial charge in [0, 0.05) is 19.6 Å². The van der Waals surface area contributed by atoms with Gasteiger partial charge in [-0.1, -0.05) is 35.5 Å². The monoisotopic (exact) mass is 273 g/mol. The number of methoxy groups -OCH3 is 1. The van der Waals surface area contributed by atoms with E-state index in [0.717, 1.165) is 5.56 Å². The Balaban J connectivity index is 1.74. The molecule has 1 aromatic carbocycles. The van der Waals surface area contributed by atoms with E-state index in [1.54, 1.807) is 7.11 Å². The van der Waals surface area contributed by atoms with Crippen molar-refractivity contribution in [2.75, 3.05) is 7.11 Å². The van der Waals surface area contributed by atoms with E-state index in [1.807, 2.05) is 30.3 Å². The van der Waals surface area contributed by atoms with Crippen LogP contribution in [0.25, 0.3) is 0 Å². The number of nitrogens with zero attached hydrogens (tertiary/aromatic N) is 2. The van der Waals surface area contributed by atoms with Crippen LogP contribution in [-0.2, 0) is 11.2 Å². The Labute approximate surface area is 118 Å². The van der Waals surface area contributed by atoms with Crippen molar-refractivity contribution in [1.82, 2.24) is 10.1 Å². The molecule has 106 valence electrons. The molecule has 0 aliphatic heterocycles. The van der Waals surface area contributed by atoms with Crippen LogP contribution in [0.15, 0.2) is 34.9 Å². The Morgan fingerprint density at radius 3 is 2.75 bits per heavy atom. The minimum Gasteiger partial charge on any atom is -0.369 e. The van der Waals surface area contributed by atoms with Gasteiger partial charge in [0.1, 0.15) is 6.10 Å². The van der Waals surface area contributed by atoms with Crippen LogP contribution >= 0.6 is 0 Å². The van der Waals surface area contributed by atoms with E-state index >= 15 is 0 Å². The van der Waals surface area contributed by atoms with Gasteiger partial charge in [-0.15, -0.1) is 0 Å². The van der Waals surface area contributed by atoms with E-state index in [-0.39, 0.29) is 12.1 Å². The quantitative estimate of drug-likeness (QED) is 0.872. The molecule has 1 aliphatic rings. The zero-order valence-electron chi connectivity index (χ0n) is 11.5. The maximum absolute atomic E-state index is 6.08. The maximum Gasteiger partial charge on any atom is 0.228 e. The zero-order chi connectivity index (χ0) is 13.9. The highest BCUT2D eigenvalue weighted by atomic mass is 16.5. The molecule has 1 aromatic heterocycles. The number of hydrogen-bond acceptors (Lipinski definition) is 5. The summed E-state index contributed by atoms with van der Waals surface area (Å²) < 4.78 is 10.8. The Bertz CT molecular complexity index is 551. The molecule has 1 aliphatic carbocycles. The first-order valence-corrected chi connectivity index (χ1v) is 6.93. The molecule has 0 radical (unpaired) electrons. The van der Waals surface area contributed by atoms with Gasteiger partial charge in [0.05, 0.1) is 0 Å². The lowest BCUT2D eigenvalue weighted by molar-refractivity contribution is 0.126. The van der Waals surface area contributed by atoms with Crippen LogP contribution in [0.2, 0.25) is 0 Å². The van der Waals surface area contributed by atoms with Crippen LogP contribution in [-0.4, -0.2) is 23.3 Å². The highest BCUT2D eigenvalue weighted by Crippen LogP contribution is 2.33. The molecule has 1 heterocycles. The molecule has 0 spiro atoms. The van der Waals surface area contributed by atoms with Gasteiger partial charge in [-0.25, -0.2) is 0 Å². The molecule has 5 heteroatoms. The number of aromatic nitrogens is 2. The van der Waals surface area contributed by atoms with Crippen LogP contribution < -0.4 is 5.73 Å². The fourth-order valence-corrected chi connectivity index (χ4v) is 2.37. The van der Waals surface area contributed by atoms with Crippen LogP contribution in [0.5, 0.6) is 0 Å². The van der Waals surface area contributed by atoms with Crippen molar-refractivity contribution in [2.45, 2.75) is 31.4 Å². The third-order valence-electron chi connectivity index (χ3n) is 3.69. The summed E-state index contributed by atoms with van der Waals surface area (Å²) in [5.41, 5.74) is 7.09. The second-order valence-electron chi connectivity index (χ2n) is 5.28. The Hall–Kier alpha value is -1.72. The third kappa shape index (κ3) is 2.89. The van der Waals surface area contributed by atoms with Gasteiger partial charge in [0.25, 0.3) is 0 Å². The summed E-state index contributed by atoms with van der Waals surface area (Å²) in [5.74, 6) is 1.77. The molecule has 1 saturated carbocycles. The maximum atomic E-state index is 6.08. The first-order valence-electron chi connectivity index (χ1n) is 6.93. The molecule has 20 heavy (non-hydrogen) atoms. The molecule has 0 saturated heterocycles. The van der Waals surface area contributed by atoms with Gasteiger partial charge in [-0.3, -0.25) is 0 Å². The largest absolute Gasteiger partial charge is 0.369 e. The van der Waals surface area contributed by atoms with Crippen molar-refractivity contribution >= 4 is 0 Å². The number of hydrogen-bond donors (Lipinski definition) is 1. The SMILES string of the molecule is COC(c1ccccc1)c1noc(CC(N)C2CC2)n1. The first-order chi connectivity index (χ1) is 9.78. The fourth-order valence-electron chi connectivity index (χ4n) is 2.37. The van der Waals surface area contributed by atoms with E-state index in [2.05, 4.69) is 10.1 Å². The molecule has 3 rings (SSSR count). The van der Waals surface area contributed by atoms with E-state index in [0.29, 0.717) is 24.1 Å². The summed E-state index contributed by atoms with van der Waals surface area (Å²) in [4.78, 5) is 4.43. The van der Waals surface area contributed by atoms with Gasteiger partial charge < -0.3 is 15.0 Å². The molecule has 2 unspecified atom stereocenters. The first kappa shape index (κ1) is 13.3. The van der Waals surface area contributed by atoms with Crippen molar-refractivity contribution < 1.29 is 9.26 Å². The predicted molar refractivity (Wildman–Crippen MR) is 74.0 cm³/mol. The molecule has 5 nitrogen and oxygen atoms in total. The molecule has 0 bridgehead atoms. The summed E-state index contributed by atoms with van der Waals surface area (Å²) >= 11 is 0. The minimum atomic E-state index is -0.300. The topological polar surface area (TPSA) is 74.2 Å². The molecule has 2 N–H and O–H groups in total. The number of nitrogens with two attached hydrogens (primary N) is 1. The highest BCUT2D eigenvalue weighted by molar-refractivity contribution is 5.22. The molecule has 1 fully saturated rings. The van der Waals surface area contributed by atoms with Crippen molar-refractivity contribution in [3.63, 3.8) is 0 Å². The second-order valence-corrected chi connectivity index (χ2v) is 5.28. The van der Waals surface area contributed by atoms with Crippen molar-refractivity contribution in [2.24, 2.45) is 11.7 Å². The highest BCUT2D eigenvalue weighted by Gasteiger charge is 2.30. The lowest BCUT2D eigenvalue weighted by atomic mass is 10.1. The van der Waals surface area contributed by atoms with Crippen LogP contribution in [0, 0.1) is 5.92 Å². The van der Waals surface area contributed by atoms with Crippen molar-refractivity contribution in [3.05, 3.63) is 47.6 Å². The minimum absolute atomic E-state index is 0.126.